The topological polar surface area (TPSA) is 48.0 Å². The number of hydrogen-bond acceptors (Lipinski definition) is 5. The zero-order valence-corrected chi connectivity index (χ0v) is 10.8. The van der Waals surface area contributed by atoms with Gasteiger partial charge in [0.15, 0.2) is 12.5 Å². The van der Waals surface area contributed by atoms with Crippen LogP contribution in [0.4, 0.5) is 0 Å². The minimum Gasteiger partial charge on any atom is -0.465 e. The highest BCUT2D eigenvalue weighted by Gasteiger charge is 2.34. The minimum atomic E-state index is -0.252. The molecule has 3 rings (SSSR count). The standard InChI is InChI=1S/C14H17NO4/c1-2-15-13(11-5-3-7-16-11)18-9-10-19-14(15)12-6-4-8-17-12/h3-8,13-14H,2,9-10H2,1H3. The van der Waals surface area contributed by atoms with Gasteiger partial charge in [-0.2, -0.15) is 0 Å². The van der Waals surface area contributed by atoms with Crippen LogP contribution in [-0.4, -0.2) is 24.7 Å². The molecule has 102 valence electrons. The maximum atomic E-state index is 5.84. The van der Waals surface area contributed by atoms with Crippen molar-refractivity contribution in [2.45, 2.75) is 19.4 Å². The van der Waals surface area contributed by atoms with Gasteiger partial charge in [-0.05, 0) is 24.3 Å². The van der Waals surface area contributed by atoms with Gasteiger partial charge in [0.2, 0.25) is 0 Å². The van der Waals surface area contributed by atoms with Gasteiger partial charge < -0.3 is 18.3 Å². The average molecular weight is 263 g/mol. The first-order valence-electron chi connectivity index (χ1n) is 6.46. The van der Waals surface area contributed by atoms with Crippen LogP contribution in [0.15, 0.2) is 45.6 Å². The monoisotopic (exact) mass is 263 g/mol. The Kier molecular flexibility index (Phi) is 3.68. The number of hydrogen-bond donors (Lipinski definition) is 0. The SMILES string of the molecule is CCN1C(c2ccco2)OCCOC1c1ccco1. The molecular formula is C14H17NO4. The highest BCUT2D eigenvalue weighted by molar-refractivity contribution is 5.07. The van der Waals surface area contributed by atoms with E-state index in [0.717, 1.165) is 18.1 Å². The maximum Gasteiger partial charge on any atom is 0.171 e. The summed E-state index contributed by atoms with van der Waals surface area (Å²) >= 11 is 0. The quantitative estimate of drug-likeness (QED) is 0.852. The summed E-state index contributed by atoms with van der Waals surface area (Å²) < 4.78 is 22.6. The highest BCUT2D eigenvalue weighted by atomic mass is 16.6. The zero-order chi connectivity index (χ0) is 13.1. The molecule has 2 aromatic rings. The van der Waals surface area contributed by atoms with Crippen molar-refractivity contribution in [3.8, 4) is 0 Å². The average Bonchev–Trinajstić information content (AvgIpc) is 3.09. The summed E-state index contributed by atoms with van der Waals surface area (Å²) in [7, 11) is 0. The van der Waals surface area contributed by atoms with Crippen LogP contribution in [0.5, 0.6) is 0 Å². The molecule has 5 nitrogen and oxygen atoms in total. The lowest BCUT2D eigenvalue weighted by Gasteiger charge is -2.31. The molecule has 2 aromatic heterocycles. The van der Waals surface area contributed by atoms with Crippen LogP contribution in [0.25, 0.3) is 0 Å². The molecule has 0 bridgehead atoms. The van der Waals surface area contributed by atoms with Crippen LogP contribution < -0.4 is 0 Å². The third-order valence-corrected chi connectivity index (χ3v) is 3.18. The molecular weight excluding hydrogens is 246 g/mol. The van der Waals surface area contributed by atoms with Crippen molar-refractivity contribution in [3.63, 3.8) is 0 Å². The number of rotatable bonds is 3. The number of ether oxygens (including phenoxy) is 2. The van der Waals surface area contributed by atoms with Crippen LogP contribution in [0.1, 0.15) is 30.9 Å². The molecule has 1 aliphatic heterocycles. The van der Waals surface area contributed by atoms with Crippen molar-refractivity contribution in [1.29, 1.82) is 0 Å². The summed E-state index contributed by atoms with van der Waals surface area (Å²) in [4.78, 5) is 2.07. The van der Waals surface area contributed by atoms with Gasteiger partial charge in [-0.15, -0.1) is 0 Å². The molecule has 0 radical (unpaired) electrons. The van der Waals surface area contributed by atoms with Crippen LogP contribution in [0.3, 0.4) is 0 Å². The molecule has 0 N–H and O–H groups in total. The first-order valence-corrected chi connectivity index (χ1v) is 6.46. The fraction of sp³-hybridized carbons (Fsp3) is 0.429. The van der Waals surface area contributed by atoms with Gasteiger partial charge in [0.1, 0.15) is 11.5 Å². The Balaban J connectivity index is 1.91. The summed E-state index contributed by atoms with van der Waals surface area (Å²) in [5.74, 6) is 1.56. The van der Waals surface area contributed by atoms with Crippen molar-refractivity contribution in [3.05, 3.63) is 48.3 Å². The maximum absolute atomic E-state index is 5.84. The van der Waals surface area contributed by atoms with Gasteiger partial charge in [-0.25, -0.2) is 4.90 Å². The van der Waals surface area contributed by atoms with Crippen LogP contribution in [0.2, 0.25) is 0 Å². The number of nitrogens with zero attached hydrogens (tertiary/aromatic N) is 1. The first kappa shape index (κ1) is 12.5. The molecule has 5 heteroatoms. The van der Waals surface area contributed by atoms with Gasteiger partial charge >= 0.3 is 0 Å². The Labute approximate surface area is 111 Å². The smallest absolute Gasteiger partial charge is 0.171 e. The summed E-state index contributed by atoms with van der Waals surface area (Å²) in [5, 5.41) is 0. The number of furan rings is 2. The first-order chi connectivity index (χ1) is 9.40. The van der Waals surface area contributed by atoms with E-state index in [2.05, 4.69) is 11.8 Å². The van der Waals surface area contributed by atoms with Gasteiger partial charge in [0, 0.05) is 6.54 Å². The minimum absolute atomic E-state index is 0.252. The van der Waals surface area contributed by atoms with Gasteiger partial charge in [0.25, 0.3) is 0 Å². The Morgan fingerprint density at radius 3 is 1.89 bits per heavy atom. The van der Waals surface area contributed by atoms with E-state index in [0.29, 0.717) is 13.2 Å². The van der Waals surface area contributed by atoms with E-state index in [1.54, 1.807) is 12.5 Å². The van der Waals surface area contributed by atoms with E-state index in [1.165, 1.54) is 0 Å². The predicted octanol–water partition coefficient (Wildman–Crippen LogP) is 2.94. The molecule has 2 unspecified atom stereocenters. The lowest BCUT2D eigenvalue weighted by atomic mass is 10.3. The van der Waals surface area contributed by atoms with Crippen molar-refractivity contribution in [2.24, 2.45) is 0 Å². The largest absolute Gasteiger partial charge is 0.465 e. The second-order valence-electron chi connectivity index (χ2n) is 4.31. The Bertz CT molecular complexity index is 435. The Morgan fingerprint density at radius 2 is 1.53 bits per heavy atom. The Hall–Kier alpha value is -1.56. The van der Waals surface area contributed by atoms with Gasteiger partial charge in [0.05, 0.1) is 25.7 Å². The molecule has 1 saturated heterocycles. The van der Waals surface area contributed by atoms with E-state index >= 15 is 0 Å². The third-order valence-electron chi connectivity index (χ3n) is 3.18. The molecule has 0 spiro atoms. The normalized spacial score (nSPS) is 25.3. The van der Waals surface area contributed by atoms with Gasteiger partial charge in [-0.3, -0.25) is 0 Å². The summed E-state index contributed by atoms with van der Waals surface area (Å²) in [6.07, 6.45) is 2.80. The fourth-order valence-corrected chi connectivity index (χ4v) is 2.32. The molecule has 19 heavy (non-hydrogen) atoms. The third kappa shape index (κ3) is 2.45. The van der Waals surface area contributed by atoms with Crippen LogP contribution >= 0.6 is 0 Å². The fourth-order valence-electron chi connectivity index (χ4n) is 2.32. The van der Waals surface area contributed by atoms with Crippen molar-refractivity contribution >= 4 is 0 Å². The van der Waals surface area contributed by atoms with E-state index in [9.17, 15) is 0 Å². The molecule has 0 aliphatic carbocycles. The van der Waals surface area contributed by atoms with Gasteiger partial charge in [-0.1, -0.05) is 6.92 Å². The lowest BCUT2D eigenvalue weighted by molar-refractivity contribution is -0.118. The highest BCUT2D eigenvalue weighted by Crippen LogP contribution is 2.34. The predicted molar refractivity (Wildman–Crippen MR) is 67.2 cm³/mol. The zero-order valence-electron chi connectivity index (χ0n) is 10.8. The molecule has 3 heterocycles. The van der Waals surface area contributed by atoms with E-state index in [-0.39, 0.29) is 12.5 Å². The molecule has 0 amide bonds. The molecule has 1 aliphatic rings. The van der Waals surface area contributed by atoms with E-state index < -0.39 is 0 Å². The summed E-state index contributed by atoms with van der Waals surface area (Å²) in [6.45, 7) is 3.87. The second kappa shape index (κ2) is 5.61. The summed E-state index contributed by atoms with van der Waals surface area (Å²) in [6, 6.07) is 7.55. The van der Waals surface area contributed by atoms with E-state index in [1.807, 2.05) is 24.3 Å². The molecule has 0 aromatic carbocycles. The van der Waals surface area contributed by atoms with Crippen LogP contribution in [0, 0.1) is 0 Å². The van der Waals surface area contributed by atoms with Crippen molar-refractivity contribution in [1.82, 2.24) is 4.90 Å². The molecule has 0 saturated carbocycles. The van der Waals surface area contributed by atoms with E-state index in [4.69, 9.17) is 18.3 Å². The summed E-state index contributed by atoms with van der Waals surface area (Å²) in [5.41, 5.74) is 0. The lowest BCUT2D eigenvalue weighted by Crippen LogP contribution is -2.33. The van der Waals surface area contributed by atoms with Crippen molar-refractivity contribution < 1.29 is 18.3 Å². The second-order valence-corrected chi connectivity index (χ2v) is 4.31. The Morgan fingerprint density at radius 1 is 1.00 bits per heavy atom. The van der Waals surface area contributed by atoms with Crippen LogP contribution in [-0.2, 0) is 9.47 Å². The molecule has 1 fully saturated rings. The van der Waals surface area contributed by atoms with Crippen molar-refractivity contribution in [2.75, 3.05) is 19.8 Å². The molecule has 2 atom stereocenters.